The molecule has 1 aliphatic heterocycles. The molecule has 1 fully saturated rings. The minimum atomic E-state index is 0.359. The first-order chi connectivity index (χ1) is 12.7. The monoisotopic (exact) mass is 371 g/mol. The van der Waals surface area contributed by atoms with Crippen molar-refractivity contribution >= 4 is 23.0 Å². The number of para-hydroxylation sites is 1. The van der Waals surface area contributed by atoms with Gasteiger partial charge >= 0.3 is 0 Å². The van der Waals surface area contributed by atoms with Gasteiger partial charge in [0.1, 0.15) is 0 Å². The molecule has 1 atom stereocenters. The number of rotatable bonds is 5. The molecule has 1 aromatic carbocycles. The van der Waals surface area contributed by atoms with E-state index in [1.165, 1.54) is 10.6 Å². The number of hydrogen-bond acceptors (Lipinski definition) is 4. The Balaban J connectivity index is 1.55. The molecule has 0 aliphatic carbocycles. The number of nitrogens with zero attached hydrogens (tertiary/aromatic N) is 4. The van der Waals surface area contributed by atoms with E-state index in [-0.39, 0.29) is 0 Å². The van der Waals surface area contributed by atoms with E-state index in [0.29, 0.717) is 6.04 Å². The van der Waals surface area contributed by atoms with E-state index in [0.717, 1.165) is 38.7 Å². The van der Waals surface area contributed by atoms with Crippen molar-refractivity contribution in [2.75, 3.05) is 58.8 Å². The summed E-state index contributed by atoms with van der Waals surface area (Å²) in [4.78, 5) is 13.0. The highest BCUT2D eigenvalue weighted by molar-refractivity contribution is 7.10. The van der Waals surface area contributed by atoms with Crippen molar-refractivity contribution in [1.82, 2.24) is 15.1 Å². The predicted molar refractivity (Wildman–Crippen MR) is 112 cm³/mol. The average molecular weight is 372 g/mol. The highest BCUT2D eigenvalue weighted by atomic mass is 32.1. The molecule has 1 saturated heterocycles. The van der Waals surface area contributed by atoms with Gasteiger partial charge in [-0.2, -0.15) is 0 Å². The summed E-state index contributed by atoms with van der Waals surface area (Å²) >= 11 is 1.81. The van der Waals surface area contributed by atoms with Crippen LogP contribution in [0.1, 0.15) is 10.9 Å². The molecule has 6 heteroatoms. The van der Waals surface area contributed by atoms with Crippen LogP contribution in [-0.4, -0.2) is 69.6 Å². The summed E-state index contributed by atoms with van der Waals surface area (Å²) in [7, 11) is 6.14. The molecule has 0 radical (unpaired) electrons. The molecule has 0 bridgehead atoms. The van der Waals surface area contributed by atoms with Gasteiger partial charge in [0.25, 0.3) is 0 Å². The third kappa shape index (κ3) is 4.56. The van der Waals surface area contributed by atoms with Crippen LogP contribution >= 0.6 is 11.3 Å². The van der Waals surface area contributed by atoms with E-state index in [9.17, 15) is 0 Å². The van der Waals surface area contributed by atoms with E-state index in [2.05, 4.69) is 86.9 Å². The zero-order chi connectivity index (χ0) is 18.4. The molecule has 26 heavy (non-hydrogen) atoms. The maximum atomic E-state index is 4.52. The van der Waals surface area contributed by atoms with Gasteiger partial charge in [0.15, 0.2) is 5.96 Å². The molecule has 0 spiro atoms. The minimum absolute atomic E-state index is 0.359. The van der Waals surface area contributed by atoms with Crippen LogP contribution in [-0.2, 0) is 0 Å². The lowest BCUT2D eigenvalue weighted by atomic mass is 10.2. The van der Waals surface area contributed by atoms with Crippen molar-refractivity contribution in [2.45, 2.75) is 6.04 Å². The molecule has 1 aliphatic rings. The van der Waals surface area contributed by atoms with E-state index >= 15 is 0 Å². The van der Waals surface area contributed by atoms with Crippen molar-refractivity contribution in [1.29, 1.82) is 0 Å². The fraction of sp³-hybridized carbons (Fsp3) is 0.450. The highest BCUT2D eigenvalue weighted by Crippen LogP contribution is 2.22. The van der Waals surface area contributed by atoms with Crippen molar-refractivity contribution in [3.05, 3.63) is 52.7 Å². The number of nitrogens with one attached hydrogen (secondary N) is 1. The van der Waals surface area contributed by atoms with Crippen molar-refractivity contribution in [3.8, 4) is 0 Å². The molecule has 1 unspecified atom stereocenters. The Morgan fingerprint density at radius 2 is 1.85 bits per heavy atom. The largest absolute Gasteiger partial charge is 0.368 e. The first kappa shape index (κ1) is 18.7. The van der Waals surface area contributed by atoms with Gasteiger partial charge in [-0.1, -0.05) is 24.3 Å². The van der Waals surface area contributed by atoms with Gasteiger partial charge in [-0.05, 0) is 37.7 Å². The fourth-order valence-corrected chi connectivity index (χ4v) is 4.28. The number of benzene rings is 1. The van der Waals surface area contributed by atoms with E-state index in [1.807, 2.05) is 18.4 Å². The lowest BCUT2D eigenvalue weighted by Crippen LogP contribution is -2.53. The first-order valence-corrected chi connectivity index (χ1v) is 10.0. The van der Waals surface area contributed by atoms with E-state index in [1.54, 1.807) is 0 Å². The maximum Gasteiger partial charge on any atom is 0.193 e. The van der Waals surface area contributed by atoms with Gasteiger partial charge in [-0.15, -0.1) is 11.3 Å². The third-order valence-electron chi connectivity index (χ3n) is 4.86. The molecule has 140 valence electrons. The van der Waals surface area contributed by atoms with Gasteiger partial charge in [0.05, 0.1) is 6.04 Å². The molecule has 1 N–H and O–H groups in total. The molecule has 2 aromatic rings. The van der Waals surface area contributed by atoms with Crippen LogP contribution in [0.25, 0.3) is 0 Å². The lowest BCUT2D eigenvalue weighted by Gasteiger charge is -2.38. The van der Waals surface area contributed by atoms with Crippen LogP contribution in [0.2, 0.25) is 0 Å². The van der Waals surface area contributed by atoms with Gasteiger partial charge in [0, 0.05) is 50.3 Å². The van der Waals surface area contributed by atoms with Crippen LogP contribution in [0.3, 0.4) is 0 Å². The fourth-order valence-electron chi connectivity index (χ4n) is 3.35. The molecular formula is C20H29N5S. The second-order valence-electron chi connectivity index (χ2n) is 6.73. The smallest absolute Gasteiger partial charge is 0.193 e. The predicted octanol–water partition coefficient (Wildman–Crippen LogP) is 2.75. The summed E-state index contributed by atoms with van der Waals surface area (Å²) in [5.41, 5.74) is 1.31. The molecule has 2 heterocycles. The summed E-state index contributed by atoms with van der Waals surface area (Å²) in [5, 5.41) is 5.73. The second kappa shape index (κ2) is 9.05. The number of aliphatic imine (C=N–C) groups is 1. The summed E-state index contributed by atoms with van der Waals surface area (Å²) in [6.07, 6.45) is 0. The van der Waals surface area contributed by atoms with Crippen molar-refractivity contribution < 1.29 is 0 Å². The Bertz CT molecular complexity index is 675. The van der Waals surface area contributed by atoms with Crippen LogP contribution < -0.4 is 10.2 Å². The average Bonchev–Trinajstić information content (AvgIpc) is 3.20. The van der Waals surface area contributed by atoms with Crippen LogP contribution in [0.15, 0.2) is 52.8 Å². The van der Waals surface area contributed by atoms with Gasteiger partial charge in [-0.25, -0.2) is 0 Å². The molecule has 5 nitrogen and oxygen atoms in total. The zero-order valence-electron chi connectivity index (χ0n) is 15.9. The number of piperazine rings is 1. The Morgan fingerprint density at radius 3 is 2.42 bits per heavy atom. The van der Waals surface area contributed by atoms with Gasteiger partial charge in [-0.3, -0.25) is 4.99 Å². The summed E-state index contributed by atoms with van der Waals surface area (Å²) in [6, 6.07) is 15.3. The third-order valence-corrected chi connectivity index (χ3v) is 5.83. The second-order valence-corrected chi connectivity index (χ2v) is 7.71. The van der Waals surface area contributed by atoms with Crippen molar-refractivity contribution in [2.24, 2.45) is 4.99 Å². The molecule has 0 amide bonds. The van der Waals surface area contributed by atoms with E-state index < -0.39 is 0 Å². The lowest BCUT2D eigenvalue weighted by molar-refractivity contribution is 0.296. The van der Waals surface area contributed by atoms with Crippen LogP contribution in [0.5, 0.6) is 0 Å². The zero-order valence-corrected chi connectivity index (χ0v) is 16.7. The van der Waals surface area contributed by atoms with Gasteiger partial charge in [0.2, 0.25) is 0 Å². The summed E-state index contributed by atoms with van der Waals surface area (Å²) in [5.74, 6) is 1.00. The minimum Gasteiger partial charge on any atom is -0.368 e. The summed E-state index contributed by atoms with van der Waals surface area (Å²) in [6.45, 7) is 4.87. The van der Waals surface area contributed by atoms with Crippen molar-refractivity contribution in [3.63, 3.8) is 0 Å². The normalized spacial score (nSPS) is 16.8. The number of likely N-dealkylation sites (N-methyl/N-ethyl adjacent to an activating group) is 1. The topological polar surface area (TPSA) is 34.1 Å². The SMILES string of the molecule is CN=C(NCC(c1cccs1)N(C)C)N1CCN(c2ccccc2)CC1. The molecule has 0 saturated carbocycles. The highest BCUT2D eigenvalue weighted by Gasteiger charge is 2.21. The molecular weight excluding hydrogens is 342 g/mol. The maximum absolute atomic E-state index is 4.52. The number of thiophene rings is 1. The molecule has 3 rings (SSSR count). The number of anilines is 1. The first-order valence-electron chi connectivity index (χ1n) is 9.14. The summed E-state index contributed by atoms with van der Waals surface area (Å²) < 4.78 is 0. The quantitative estimate of drug-likeness (QED) is 0.647. The van der Waals surface area contributed by atoms with Gasteiger partial charge < -0.3 is 20.0 Å². The Hall–Kier alpha value is -2.05. The Labute approximate surface area is 160 Å². The van der Waals surface area contributed by atoms with Crippen LogP contribution in [0.4, 0.5) is 5.69 Å². The van der Waals surface area contributed by atoms with Crippen LogP contribution in [0, 0.1) is 0 Å². The Kier molecular flexibility index (Phi) is 6.52. The number of hydrogen-bond donors (Lipinski definition) is 1. The van der Waals surface area contributed by atoms with E-state index in [4.69, 9.17) is 0 Å². The number of guanidine groups is 1. The molecule has 1 aromatic heterocycles. The Morgan fingerprint density at radius 1 is 1.12 bits per heavy atom. The standard InChI is InChI=1S/C20H29N5S/c1-21-20(22-16-18(23(2)3)19-10-7-15-26-19)25-13-11-24(12-14-25)17-8-5-4-6-9-17/h4-10,15,18H,11-14,16H2,1-3H3,(H,21,22).